The second-order valence-corrected chi connectivity index (χ2v) is 3.01. The molecular weight excluding hydrogens is 178 g/mol. The van der Waals surface area contributed by atoms with Gasteiger partial charge in [0.05, 0.1) is 12.5 Å². The summed E-state index contributed by atoms with van der Waals surface area (Å²) in [5.74, 6) is 1.12. The molecule has 0 fully saturated rings. The highest BCUT2D eigenvalue weighted by Crippen LogP contribution is 1.96. The predicted molar refractivity (Wildman–Crippen MR) is 51.2 cm³/mol. The molecule has 0 aliphatic rings. The highest BCUT2D eigenvalue weighted by molar-refractivity contribution is 4.79. The van der Waals surface area contributed by atoms with Gasteiger partial charge < -0.3 is 4.74 Å². The summed E-state index contributed by atoms with van der Waals surface area (Å²) in [5, 5.41) is 8.41. The molecule has 0 aliphatic heterocycles. The molecule has 1 N–H and O–H groups in total. The summed E-state index contributed by atoms with van der Waals surface area (Å²) < 4.78 is 7.33. The lowest BCUT2D eigenvalue weighted by molar-refractivity contribution is -0.737. The van der Waals surface area contributed by atoms with Gasteiger partial charge in [-0.25, -0.2) is 9.55 Å². The van der Waals surface area contributed by atoms with Crippen molar-refractivity contribution < 1.29 is 9.30 Å². The maximum atomic E-state index is 8.41. The molecule has 0 saturated carbocycles. The summed E-state index contributed by atoms with van der Waals surface area (Å²) >= 11 is 0. The van der Waals surface area contributed by atoms with Gasteiger partial charge in [-0.2, -0.15) is 5.26 Å². The lowest BCUT2D eigenvalue weighted by atomic mass is 10.2. The van der Waals surface area contributed by atoms with Gasteiger partial charge in [0, 0.05) is 13.0 Å². The largest absolute Gasteiger partial charge is 0.342 e. The van der Waals surface area contributed by atoms with Crippen molar-refractivity contribution in [3.8, 4) is 6.07 Å². The minimum Gasteiger partial charge on any atom is -0.342 e. The lowest BCUT2D eigenvalue weighted by Gasteiger charge is -1.99. The Bertz CT molecular complexity index is 301. The van der Waals surface area contributed by atoms with Crippen LogP contribution in [0.15, 0.2) is 12.4 Å². The lowest BCUT2D eigenvalue weighted by Crippen LogP contribution is -2.37. The average molecular weight is 194 g/mol. The first-order valence-electron chi connectivity index (χ1n) is 4.89. The van der Waals surface area contributed by atoms with Crippen LogP contribution in [0.25, 0.3) is 0 Å². The second-order valence-electron chi connectivity index (χ2n) is 3.01. The van der Waals surface area contributed by atoms with Crippen LogP contribution in [0.2, 0.25) is 0 Å². The molecule has 0 saturated heterocycles. The van der Waals surface area contributed by atoms with Crippen LogP contribution in [0.5, 0.6) is 0 Å². The average Bonchev–Trinajstić information content (AvgIpc) is 2.63. The predicted octanol–water partition coefficient (Wildman–Crippen LogP) is 1.14. The number of unbranched alkanes of at least 4 members (excludes halogenated alkanes) is 1. The van der Waals surface area contributed by atoms with Gasteiger partial charge in [0.1, 0.15) is 12.4 Å². The Morgan fingerprint density at radius 3 is 3.21 bits per heavy atom. The molecule has 76 valence electrons. The van der Waals surface area contributed by atoms with Gasteiger partial charge in [0.2, 0.25) is 0 Å². The van der Waals surface area contributed by atoms with Crippen LogP contribution in [-0.2, 0) is 17.9 Å². The highest BCUT2D eigenvalue weighted by atomic mass is 16.5. The van der Waals surface area contributed by atoms with Crippen molar-refractivity contribution in [3.63, 3.8) is 0 Å². The molecule has 1 heterocycles. The number of H-pyrrole nitrogens is 1. The second kappa shape index (κ2) is 6.17. The third-order valence-corrected chi connectivity index (χ3v) is 1.99. The first-order valence-corrected chi connectivity index (χ1v) is 4.89. The van der Waals surface area contributed by atoms with Crippen LogP contribution in [-0.4, -0.2) is 11.6 Å². The summed E-state index contributed by atoms with van der Waals surface area (Å²) in [6.45, 7) is 3.28. The Morgan fingerprint density at radius 2 is 2.50 bits per heavy atom. The van der Waals surface area contributed by atoms with Crippen molar-refractivity contribution in [2.45, 2.75) is 32.9 Å². The molecule has 1 aromatic heterocycles. The maximum absolute atomic E-state index is 8.41. The first-order chi connectivity index (χ1) is 6.88. The Balaban J connectivity index is 2.42. The maximum Gasteiger partial charge on any atom is 0.256 e. The monoisotopic (exact) mass is 194 g/mol. The van der Waals surface area contributed by atoms with E-state index >= 15 is 0 Å². The van der Waals surface area contributed by atoms with Gasteiger partial charge in [-0.3, -0.25) is 0 Å². The molecule has 1 aromatic rings. The van der Waals surface area contributed by atoms with Gasteiger partial charge >= 0.3 is 0 Å². The Hall–Kier alpha value is -1.34. The molecule has 0 aliphatic carbocycles. The van der Waals surface area contributed by atoms with Crippen molar-refractivity contribution in [3.05, 3.63) is 18.2 Å². The molecule has 0 spiro atoms. The van der Waals surface area contributed by atoms with Crippen molar-refractivity contribution in [2.75, 3.05) is 6.61 Å². The number of ether oxygens (including phenoxy) is 1. The number of aryl methyl sites for hydroxylation is 1. The number of nitrogens with zero attached hydrogens (tertiary/aromatic N) is 2. The topological polar surface area (TPSA) is 52.7 Å². The molecule has 0 radical (unpaired) electrons. The number of aromatic nitrogens is 2. The first kappa shape index (κ1) is 10.7. The zero-order valence-corrected chi connectivity index (χ0v) is 8.49. The molecule has 4 nitrogen and oxygen atoms in total. The normalized spacial score (nSPS) is 10.0. The Labute approximate surface area is 84.1 Å². The summed E-state index contributed by atoms with van der Waals surface area (Å²) in [6.07, 6.45) is 6.24. The molecule has 1 rings (SSSR count). The van der Waals surface area contributed by atoms with Crippen LogP contribution in [0.3, 0.4) is 0 Å². The van der Waals surface area contributed by atoms with Crippen molar-refractivity contribution in [1.29, 1.82) is 5.26 Å². The number of imidazole rings is 1. The Morgan fingerprint density at radius 1 is 1.64 bits per heavy atom. The van der Waals surface area contributed by atoms with Gasteiger partial charge in [0.25, 0.3) is 5.82 Å². The van der Waals surface area contributed by atoms with Crippen LogP contribution in [0.1, 0.15) is 25.6 Å². The number of hydrogen-bond donors (Lipinski definition) is 1. The van der Waals surface area contributed by atoms with Crippen molar-refractivity contribution in [1.82, 2.24) is 4.98 Å². The minimum absolute atomic E-state index is 0.585. The number of nitriles is 1. The van der Waals surface area contributed by atoms with E-state index in [1.165, 1.54) is 0 Å². The fraction of sp³-hybridized carbons (Fsp3) is 0.600. The van der Waals surface area contributed by atoms with Crippen LogP contribution in [0, 0.1) is 11.3 Å². The third-order valence-electron chi connectivity index (χ3n) is 1.99. The van der Waals surface area contributed by atoms with E-state index in [2.05, 4.69) is 11.1 Å². The smallest absolute Gasteiger partial charge is 0.256 e. The van der Waals surface area contributed by atoms with E-state index in [1.807, 2.05) is 23.9 Å². The molecule has 0 atom stereocenters. The van der Waals surface area contributed by atoms with Crippen molar-refractivity contribution in [2.24, 2.45) is 0 Å². The number of hydrogen-bond acceptors (Lipinski definition) is 2. The zero-order chi connectivity index (χ0) is 10.2. The molecule has 0 amide bonds. The van der Waals surface area contributed by atoms with Crippen LogP contribution < -0.4 is 4.57 Å². The van der Waals surface area contributed by atoms with Crippen molar-refractivity contribution >= 4 is 0 Å². The van der Waals surface area contributed by atoms with Gasteiger partial charge in [0.15, 0.2) is 6.73 Å². The number of aromatic amines is 1. The zero-order valence-electron chi connectivity index (χ0n) is 8.49. The van der Waals surface area contributed by atoms with E-state index in [-0.39, 0.29) is 0 Å². The van der Waals surface area contributed by atoms with E-state index in [0.29, 0.717) is 13.2 Å². The van der Waals surface area contributed by atoms with Gasteiger partial charge in [-0.1, -0.05) is 0 Å². The van der Waals surface area contributed by atoms with E-state index in [9.17, 15) is 0 Å². The van der Waals surface area contributed by atoms with Gasteiger partial charge in [-0.05, 0) is 13.3 Å². The molecule has 14 heavy (non-hydrogen) atoms. The van der Waals surface area contributed by atoms with Gasteiger partial charge in [-0.15, -0.1) is 0 Å². The van der Waals surface area contributed by atoms with E-state index in [4.69, 9.17) is 10.00 Å². The third kappa shape index (κ3) is 3.19. The summed E-state index contributed by atoms with van der Waals surface area (Å²) in [5.41, 5.74) is 0. The number of rotatable bonds is 6. The molecule has 4 heteroatoms. The number of nitrogens with one attached hydrogen (secondary N) is 1. The molecule has 0 aromatic carbocycles. The summed E-state index contributed by atoms with van der Waals surface area (Å²) in [4.78, 5) is 3.15. The summed E-state index contributed by atoms with van der Waals surface area (Å²) in [6, 6.07) is 2.14. The molecule has 0 bridgehead atoms. The van der Waals surface area contributed by atoms with E-state index in [1.54, 1.807) is 0 Å². The summed E-state index contributed by atoms with van der Waals surface area (Å²) in [7, 11) is 0. The highest BCUT2D eigenvalue weighted by Gasteiger charge is 2.08. The molecular formula is C10H16N3O+. The SMILES string of the molecule is CCOC[n+]1cc[nH]c1CCCC#N. The van der Waals surface area contributed by atoms with Crippen LogP contribution >= 0.6 is 0 Å². The van der Waals surface area contributed by atoms with Crippen LogP contribution in [0.4, 0.5) is 0 Å². The minimum atomic E-state index is 0.585. The molecule has 0 unspecified atom stereocenters. The Kier molecular flexibility index (Phi) is 4.73. The van der Waals surface area contributed by atoms with E-state index < -0.39 is 0 Å². The fourth-order valence-electron chi connectivity index (χ4n) is 1.26. The fourth-order valence-corrected chi connectivity index (χ4v) is 1.26. The van der Waals surface area contributed by atoms with E-state index in [0.717, 1.165) is 25.3 Å². The quantitative estimate of drug-likeness (QED) is 0.545. The standard InChI is InChI=1S/C10H15N3O/c1-2-14-9-13-8-7-12-10(13)5-3-4-6-11/h7-8H,2-5,9H2,1H3/p+1.